The number of alkyl halides is 3. The first-order chi connectivity index (χ1) is 21.2. The maximum absolute atomic E-state index is 13.6. The Bertz CT molecular complexity index is 1630. The summed E-state index contributed by atoms with van der Waals surface area (Å²) >= 11 is 0. The van der Waals surface area contributed by atoms with Crippen molar-refractivity contribution in [2.24, 2.45) is 0 Å². The number of rotatable bonds is 10. The summed E-state index contributed by atoms with van der Waals surface area (Å²) in [5, 5.41) is 24.4. The first-order valence-electron chi connectivity index (χ1n) is 14.7. The molecule has 0 bridgehead atoms. The third kappa shape index (κ3) is 6.12. The molecule has 5 heterocycles. The molecule has 11 nitrogen and oxygen atoms in total. The maximum atomic E-state index is 13.6. The van der Waals surface area contributed by atoms with Crippen LogP contribution < -0.4 is 4.74 Å². The van der Waals surface area contributed by atoms with Crippen molar-refractivity contribution in [3.63, 3.8) is 0 Å². The predicted octanol–water partition coefficient (Wildman–Crippen LogP) is 3.97. The van der Waals surface area contributed by atoms with Crippen LogP contribution in [0.15, 0.2) is 43.1 Å². The lowest BCUT2D eigenvalue weighted by Gasteiger charge is -2.52. The van der Waals surface area contributed by atoms with E-state index in [4.69, 9.17) is 9.84 Å². The number of ether oxygens (including phenoxy) is 1. The third-order valence-electron chi connectivity index (χ3n) is 8.70. The smallest absolute Gasteiger partial charge is 0.433 e. The van der Waals surface area contributed by atoms with E-state index in [0.717, 1.165) is 54.3 Å². The Balaban J connectivity index is 1.08. The Hall–Kier alpha value is -4.06. The first-order valence-corrected chi connectivity index (χ1v) is 14.7. The van der Waals surface area contributed by atoms with Gasteiger partial charge < -0.3 is 14.8 Å². The van der Waals surface area contributed by atoms with Crippen LogP contribution in [0.25, 0.3) is 22.3 Å². The SMILES string of the molecule is CN(CCO)Cc1cc(OC2CCN(C3CC(CC#N)(n4cc(-c5ncnc6[nH]ccc56)cn4)C3)CC2)nc(C(F)(F)F)c1. The zero-order chi connectivity index (χ0) is 30.9. The van der Waals surface area contributed by atoms with E-state index in [1.807, 2.05) is 23.1 Å². The summed E-state index contributed by atoms with van der Waals surface area (Å²) in [6.45, 7) is 1.97. The van der Waals surface area contributed by atoms with Crippen molar-refractivity contribution in [2.75, 3.05) is 33.3 Å². The van der Waals surface area contributed by atoms with E-state index in [0.29, 0.717) is 31.4 Å². The van der Waals surface area contributed by atoms with E-state index in [2.05, 4.69) is 36.0 Å². The Labute approximate surface area is 252 Å². The molecule has 2 fully saturated rings. The molecule has 232 valence electrons. The Morgan fingerprint density at radius 1 is 1.23 bits per heavy atom. The van der Waals surface area contributed by atoms with Crippen molar-refractivity contribution in [1.82, 2.24) is 39.5 Å². The highest BCUT2D eigenvalue weighted by Gasteiger charge is 2.49. The van der Waals surface area contributed by atoms with Crippen molar-refractivity contribution in [2.45, 2.75) is 62.5 Å². The molecule has 1 aliphatic carbocycles. The van der Waals surface area contributed by atoms with Gasteiger partial charge in [-0.2, -0.15) is 23.5 Å². The summed E-state index contributed by atoms with van der Waals surface area (Å²) in [5.41, 5.74) is 1.44. The molecule has 4 aromatic heterocycles. The maximum Gasteiger partial charge on any atom is 0.433 e. The quantitative estimate of drug-likeness (QED) is 0.274. The first kappa shape index (κ1) is 30.0. The largest absolute Gasteiger partial charge is 0.474 e. The molecule has 0 atom stereocenters. The zero-order valence-electron chi connectivity index (χ0n) is 24.3. The average molecular weight is 610 g/mol. The van der Waals surface area contributed by atoms with Crippen LogP contribution in [0, 0.1) is 11.3 Å². The van der Waals surface area contributed by atoms with Crippen LogP contribution in [0.4, 0.5) is 13.2 Å². The van der Waals surface area contributed by atoms with Crippen LogP contribution in [0.2, 0.25) is 0 Å². The number of likely N-dealkylation sites (N-methyl/N-ethyl adjacent to an activating group) is 1. The minimum absolute atomic E-state index is 0.0301. The second-order valence-corrected chi connectivity index (χ2v) is 11.8. The molecule has 0 radical (unpaired) electrons. The van der Waals surface area contributed by atoms with E-state index >= 15 is 0 Å². The summed E-state index contributed by atoms with van der Waals surface area (Å²) in [5.74, 6) is -0.0301. The number of pyridine rings is 1. The van der Waals surface area contributed by atoms with Gasteiger partial charge in [-0.1, -0.05) is 0 Å². The number of aromatic nitrogens is 6. The van der Waals surface area contributed by atoms with E-state index in [1.54, 1.807) is 24.2 Å². The summed E-state index contributed by atoms with van der Waals surface area (Å²) in [6, 6.07) is 7.13. The Kier molecular flexibility index (Phi) is 8.28. The van der Waals surface area contributed by atoms with Crippen molar-refractivity contribution in [1.29, 1.82) is 5.26 Å². The van der Waals surface area contributed by atoms with Gasteiger partial charge in [0.25, 0.3) is 0 Å². The molecule has 0 spiro atoms. The number of nitriles is 1. The van der Waals surface area contributed by atoms with Gasteiger partial charge in [-0.25, -0.2) is 15.0 Å². The highest BCUT2D eigenvalue weighted by molar-refractivity contribution is 5.90. The lowest BCUT2D eigenvalue weighted by Crippen LogP contribution is -2.58. The summed E-state index contributed by atoms with van der Waals surface area (Å²) in [7, 11) is 1.73. The molecule has 2 N–H and O–H groups in total. The van der Waals surface area contributed by atoms with E-state index in [9.17, 15) is 18.4 Å². The predicted molar refractivity (Wildman–Crippen MR) is 154 cm³/mol. The normalized spacial score (nSPS) is 21.4. The second kappa shape index (κ2) is 12.1. The van der Waals surface area contributed by atoms with Gasteiger partial charge in [0.1, 0.15) is 23.8 Å². The number of hydrogen-bond donors (Lipinski definition) is 2. The fraction of sp³-hybridized carbons (Fsp3) is 0.500. The molecule has 0 aromatic carbocycles. The van der Waals surface area contributed by atoms with Crippen molar-refractivity contribution in [3.8, 4) is 23.2 Å². The number of aromatic amines is 1. The van der Waals surface area contributed by atoms with Crippen LogP contribution in [-0.4, -0.2) is 90.1 Å². The molecule has 6 rings (SSSR count). The zero-order valence-corrected chi connectivity index (χ0v) is 24.3. The molecule has 1 saturated heterocycles. The number of nitrogens with zero attached hydrogens (tertiary/aromatic N) is 8. The number of aliphatic hydroxyl groups is 1. The van der Waals surface area contributed by atoms with Gasteiger partial charge >= 0.3 is 6.18 Å². The van der Waals surface area contributed by atoms with Gasteiger partial charge in [-0.15, -0.1) is 0 Å². The van der Waals surface area contributed by atoms with Crippen LogP contribution in [-0.2, 0) is 18.3 Å². The molecule has 2 aliphatic rings. The molecular formula is C30H34F3N9O2. The van der Waals surface area contributed by atoms with Crippen LogP contribution in [0.5, 0.6) is 5.88 Å². The van der Waals surface area contributed by atoms with Crippen LogP contribution in [0.3, 0.4) is 0 Å². The van der Waals surface area contributed by atoms with Gasteiger partial charge in [-0.05, 0) is 50.4 Å². The topological polar surface area (TPSA) is 132 Å². The minimum atomic E-state index is -4.59. The highest BCUT2D eigenvalue weighted by Crippen LogP contribution is 2.45. The standard InChI is InChI=1S/C30H34F3N9O2/c1-40(10-11-43)17-20-12-25(30(31,32)33)39-26(13-20)44-23-3-8-41(9-4-23)22-14-29(15-22,5-6-34)42-18-21(16-38-42)27-24-2-7-35-28(24)37-19-36-27/h2,7,12-13,16,18-19,22-23,43H,3-5,8-11,14-15,17H2,1H3,(H,35,36,37). The number of fused-ring (bicyclic) bond motifs is 1. The highest BCUT2D eigenvalue weighted by atomic mass is 19.4. The van der Waals surface area contributed by atoms with Gasteiger partial charge in [0.15, 0.2) is 0 Å². The van der Waals surface area contributed by atoms with Gasteiger partial charge in [0.05, 0.1) is 36.5 Å². The lowest BCUT2D eigenvalue weighted by molar-refractivity contribution is -0.141. The third-order valence-corrected chi connectivity index (χ3v) is 8.70. The summed E-state index contributed by atoms with van der Waals surface area (Å²) in [6.07, 6.45) is 5.44. The van der Waals surface area contributed by atoms with Crippen molar-refractivity contribution >= 4 is 11.0 Å². The number of likely N-dealkylation sites (tertiary alicyclic amines) is 1. The van der Waals surface area contributed by atoms with Crippen molar-refractivity contribution < 1.29 is 23.0 Å². The summed E-state index contributed by atoms with van der Waals surface area (Å²) < 4.78 is 48.6. The monoisotopic (exact) mass is 609 g/mol. The van der Waals surface area contributed by atoms with E-state index < -0.39 is 17.4 Å². The fourth-order valence-corrected chi connectivity index (χ4v) is 6.39. The van der Waals surface area contributed by atoms with Gasteiger partial charge in [0, 0.05) is 61.6 Å². The Morgan fingerprint density at radius 2 is 2.02 bits per heavy atom. The van der Waals surface area contributed by atoms with Crippen LogP contribution in [0.1, 0.15) is 43.4 Å². The van der Waals surface area contributed by atoms with Gasteiger partial charge in [-0.3, -0.25) is 14.5 Å². The molecule has 14 heteroatoms. The number of halogens is 3. The van der Waals surface area contributed by atoms with E-state index in [1.165, 1.54) is 6.33 Å². The minimum Gasteiger partial charge on any atom is -0.474 e. The molecule has 44 heavy (non-hydrogen) atoms. The number of hydrogen-bond acceptors (Lipinski definition) is 9. The average Bonchev–Trinajstić information content (AvgIpc) is 3.65. The number of piperidine rings is 1. The lowest BCUT2D eigenvalue weighted by atomic mass is 9.69. The summed E-state index contributed by atoms with van der Waals surface area (Å²) in [4.78, 5) is 19.7. The molecule has 1 saturated carbocycles. The fourth-order valence-electron chi connectivity index (χ4n) is 6.39. The molecular weight excluding hydrogens is 575 g/mol. The molecule has 0 unspecified atom stereocenters. The van der Waals surface area contributed by atoms with Crippen molar-refractivity contribution in [3.05, 3.63) is 54.4 Å². The second-order valence-electron chi connectivity index (χ2n) is 11.8. The molecule has 4 aromatic rings. The number of aliphatic hydroxyl groups excluding tert-OH is 1. The molecule has 0 amide bonds. The van der Waals surface area contributed by atoms with Crippen LogP contribution >= 0.6 is 0 Å². The number of H-pyrrole nitrogens is 1. The van der Waals surface area contributed by atoms with E-state index in [-0.39, 0.29) is 31.2 Å². The number of nitrogens with one attached hydrogen (secondary N) is 1. The molecule has 1 aliphatic heterocycles. The van der Waals surface area contributed by atoms with Gasteiger partial charge in [0.2, 0.25) is 5.88 Å². The Morgan fingerprint density at radius 3 is 2.75 bits per heavy atom.